The van der Waals surface area contributed by atoms with Gasteiger partial charge in [0, 0.05) is 5.56 Å². The second-order valence-corrected chi connectivity index (χ2v) is 5.96. The van der Waals surface area contributed by atoms with E-state index in [4.69, 9.17) is 4.74 Å². The summed E-state index contributed by atoms with van der Waals surface area (Å²) in [5.41, 5.74) is 1.28. The molecule has 0 spiro atoms. The minimum Gasteiger partial charge on any atom is -0.373 e. The van der Waals surface area contributed by atoms with Gasteiger partial charge in [-0.05, 0) is 56.2 Å². The maximum atomic E-state index is 13.7. The molecule has 0 heterocycles. The number of halogens is 5. The number of rotatable bonds is 4. The van der Waals surface area contributed by atoms with E-state index < -0.39 is 17.9 Å². The van der Waals surface area contributed by atoms with Crippen LogP contribution in [0.3, 0.4) is 0 Å². The Labute approximate surface area is 132 Å². The van der Waals surface area contributed by atoms with Crippen molar-refractivity contribution in [2.45, 2.75) is 51.5 Å². The second kappa shape index (κ2) is 7.43. The number of alkyl halides is 3. The van der Waals surface area contributed by atoms with Gasteiger partial charge >= 0.3 is 6.18 Å². The molecule has 0 amide bonds. The minimum absolute atomic E-state index is 0.130. The largest absolute Gasteiger partial charge is 0.442 e. The zero-order valence-electron chi connectivity index (χ0n) is 12.8. The molecule has 23 heavy (non-hydrogen) atoms. The number of hydrogen-bond acceptors (Lipinski definition) is 1. The fraction of sp³-hybridized carbons (Fsp3) is 0.529. The molecule has 1 aromatic rings. The van der Waals surface area contributed by atoms with E-state index in [1.165, 1.54) is 6.07 Å². The highest BCUT2D eigenvalue weighted by Gasteiger charge is 2.35. The Morgan fingerprint density at radius 2 is 1.87 bits per heavy atom. The summed E-state index contributed by atoms with van der Waals surface area (Å²) in [5.74, 6) is -2.77. The summed E-state index contributed by atoms with van der Waals surface area (Å²) in [7, 11) is 0. The zero-order chi connectivity index (χ0) is 17.0. The molecule has 0 aromatic heterocycles. The van der Waals surface area contributed by atoms with Crippen molar-refractivity contribution in [3.05, 3.63) is 47.0 Å². The summed E-state index contributed by atoms with van der Waals surface area (Å²) in [4.78, 5) is 0. The molecule has 0 unspecified atom stereocenters. The van der Waals surface area contributed by atoms with Gasteiger partial charge in [-0.1, -0.05) is 12.1 Å². The van der Waals surface area contributed by atoms with Crippen LogP contribution in [-0.2, 0) is 11.3 Å². The van der Waals surface area contributed by atoms with Gasteiger partial charge in [-0.3, -0.25) is 0 Å². The summed E-state index contributed by atoms with van der Waals surface area (Å²) < 4.78 is 68.7. The van der Waals surface area contributed by atoms with Crippen LogP contribution in [0.25, 0.3) is 0 Å². The Kier molecular flexibility index (Phi) is 5.79. The van der Waals surface area contributed by atoms with E-state index in [2.05, 4.69) is 0 Å². The molecule has 1 aliphatic carbocycles. The van der Waals surface area contributed by atoms with E-state index in [1.54, 1.807) is 19.1 Å². The van der Waals surface area contributed by atoms with Crippen LogP contribution in [0, 0.1) is 18.7 Å². The van der Waals surface area contributed by atoms with Crippen LogP contribution in [-0.4, -0.2) is 12.3 Å². The molecule has 0 aliphatic heterocycles. The average Bonchev–Trinajstić information content (AvgIpc) is 2.47. The average molecular weight is 334 g/mol. The van der Waals surface area contributed by atoms with Crippen molar-refractivity contribution in [3.63, 3.8) is 0 Å². The van der Waals surface area contributed by atoms with Crippen molar-refractivity contribution < 1.29 is 26.7 Å². The summed E-state index contributed by atoms with van der Waals surface area (Å²) in [6.07, 6.45) is -2.42. The quantitative estimate of drug-likeness (QED) is 0.649. The summed E-state index contributed by atoms with van der Waals surface area (Å²) in [6.45, 7) is 1.93. The van der Waals surface area contributed by atoms with Crippen LogP contribution in [0.4, 0.5) is 22.0 Å². The van der Waals surface area contributed by atoms with Gasteiger partial charge in [0.25, 0.3) is 0 Å². The van der Waals surface area contributed by atoms with Crippen LogP contribution < -0.4 is 0 Å². The van der Waals surface area contributed by atoms with Crippen LogP contribution in [0.1, 0.15) is 36.8 Å². The molecule has 0 N–H and O–H groups in total. The summed E-state index contributed by atoms with van der Waals surface area (Å²) in [6, 6.07) is 4.89. The molecule has 2 rings (SSSR count). The van der Waals surface area contributed by atoms with Gasteiger partial charge < -0.3 is 4.74 Å². The molecule has 1 fully saturated rings. The molecule has 1 aliphatic rings. The first-order chi connectivity index (χ1) is 10.8. The Morgan fingerprint density at radius 3 is 2.43 bits per heavy atom. The van der Waals surface area contributed by atoms with Crippen molar-refractivity contribution in [1.82, 2.24) is 0 Å². The van der Waals surface area contributed by atoms with Crippen LogP contribution in [0.15, 0.2) is 30.1 Å². The third kappa shape index (κ3) is 5.30. The Balaban J connectivity index is 1.81. The predicted molar refractivity (Wildman–Crippen MR) is 76.9 cm³/mol. The molecular weight excluding hydrogens is 315 g/mol. The molecule has 1 saturated carbocycles. The lowest BCUT2D eigenvalue weighted by Crippen LogP contribution is -2.22. The van der Waals surface area contributed by atoms with Crippen molar-refractivity contribution in [1.29, 1.82) is 0 Å². The highest BCUT2D eigenvalue weighted by molar-refractivity contribution is 5.22. The molecule has 0 bridgehead atoms. The molecule has 128 valence electrons. The van der Waals surface area contributed by atoms with E-state index in [-0.39, 0.29) is 18.5 Å². The maximum absolute atomic E-state index is 13.7. The van der Waals surface area contributed by atoms with Crippen molar-refractivity contribution in [3.8, 4) is 0 Å². The topological polar surface area (TPSA) is 9.23 Å². The Morgan fingerprint density at radius 1 is 1.22 bits per heavy atom. The first kappa shape index (κ1) is 17.9. The number of ether oxygens (including phenoxy) is 1. The van der Waals surface area contributed by atoms with Crippen LogP contribution >= 0.6 is 0 Å². The zero-order valence-corrected chi connectivity index (χ0v) is 12.8. The Bertz CT molecular complexity index is 557. The van der Waals surface area contributed by atoms with Gasteiger partial charge in [0.05, 0.1) is 12.7 Å². The predicted octanol–water partition coefficient (Wildman–Crippen LogP) is 5.63. The third-order valence-electron chi connectivity index (χ3n) is 4.05. The monoisotopic (exact) mass is 334 g/mol. The first-order valence-corrected chi connectivity index (χ1v) is 7.57. The smallest absolute Gasteiger partial charge is 0.373 e. The molecule has 0 radical (unpaired) electrons. The van der Waals surface area contributed by atoms with Gasteiger partial charge in [-0.25, -0.2) is 8.78 Å². The van der Waals surface area contributed by atoms with Gasteiger partial charge in [0.15, 0.2) is 5.83 Å². The summed E-state index contributed by atoms with van der Waals surface area (Å²) >= 11 is 0. The molecular formula is C17H19F5O. The van der Waals surface area contributed by atoms with Gasteiger partial charge in [0.2, 0.25) is 0 Å². The summed E-state index contributed by atoms with van der Waals surface area (Å²) in [5, 5.41) is 0. The lowest BCUT2D eigenvalue weighted by Gasteiger charge is -2.27. The van der Waals surface area contributed by atoms with Crippen molar-refractivity contribution >= 4 is 0 Å². The van der Waals surface area contributed by atoms with Gasteiger partial charge in [-0.15, -0.1) is 0 Å². The van der Waals surface area contributed by atoms with Crippen molar-refractivity contribution in [2.75, 3.05) is 0 Å². The van der Waals surface area contributed by atoms with E-state index >= 15 is 0 Å². The fourth-order valence-corrected chi connectivity index (χ4v) is 2.70. The van der Waals surface area contributed by atoms with E-state index in [0.717, 1.165) is 5.56 Å². The molecule has 6 heteroatoms. The highest BCUT2D eigenvalue weighted by Crippen LogP contribution is 2.33. The molecule has 1 aromatic carbocycles. The van der Waals surface area contributed by atoms with Gasteiger partial charge in [-0.2, -0.15) is 13.2 Å². The Hall–Kier alpha value is -1.43. The van der Waals surface area contributed by atoms with E-state index in [1.807, 2.05) is 0 Å². The standard InChI is InChI=1S/C17H19F5O/c1-11-2-5-13(15(18)8-11)10-23-14-6-3-12(4-7-14)9-16(19)17(20,21)22/h2,5,8-9,12,14H,3-4,6-7,10H2,1H3. The highest BCUT2D eigenvalue weighted by atomic mass is 19.4. The molecule has 0 atom stereocenters. The van der Waals surface area contributed by atoms with Gasteiger partial charge in [0.1, 0.15) is 5.82 Å². The molecule has 1 nitrogen and oxygen atoms in total. The van der Waals surface area contributed by atoms with E-state index in [0.29, 0.717) is 37.3 Å². The lowest BCUT2D eigenvalue weighted by atomic mass is 9.87. The lowest BCUT2D eigenvalue weighted by molar-refractivity contribution is -0.109. The van der Waals surface area contributed by atoms with Crippen LogP contribution in [0.5, 0.6) is 0 Å². The minimum atomic E-state index is -4.91. The first-order valence-electron chi connectivity index (χ1n) is 7.57. The number of hydrogen-bond donors (Lipinski definition) is 0. The molecule has 0 saturated heterocycles. The normalized spacial score (nSPS) is 23.1. The maximum Gasteiger partial charge on any atom is 0.442 e. The number of benzene rings is 1. The fourth-order valence-electron chi connectivity index (χ4n) is 2.70. The second-order valence-electron chi connectivity index (χ2n) is 5.96. The third-order valence-corrected chi connectivity index (χ3v) is 4.05. The number of aryl methyl sites for hydroxylation is 1. The SMILES string of the molecule is Cc1ccc(COC2CCC(C=C(F)C(F)(F)F)CC2)c(F)c1. The van der Waals surface area contributed by atoms with E-state index in [9.17, 15) is 22.0 Å². The van der Waals surface area contributed by atoms with Crippen molar-refractivity contribution in [2.24, 2.45) is 5.92 Å². The van der Waals surface area contributed by atoms with Crippen LogP contribution in [0.2, 0.25) is 0 Å². The number of allylic oxidation sites excluding steroid dienone is 2.